The van der Waals surface area contributed by atoms with Crippen molar-refractivity contribution in [3.8, 4) is 0 Å². The molecule has 0 spiro atoms. The average molecular weight is 1280 g/mol. The van der Waals surface area contributed by atoms with Crippen molar-refractivity contribution in [1.82, 2.24) is 0 Å². The van der Waals surface area contributed by atoms with Crippen LogP contribution in [0.3, 0.4) is 0 Å². The van der Waals surface area contributed by atoms with Crippen molar-refractivity contribution in [1.29, 1.82) is 0 Å². The number of carboxylic acids is 1. The lowest BCUT2D eigenvalue weighted by atomic mass is 9.95. The third kappa shape index (κ3) is 14.5. The summed E-state index contributed by atoms with van der Waals surface area (Å²) in [6, 6.07) is 0. The molecule has 39 nitrogen and oxygen atoms in total. The zero-order valence-corrected chi connectivity index (χ0v) is 46.2. The van der Waals surface area contributed by atoms with E-state index in [4.69, 9.17) is 71.1 Å². The van der Waals surface area contributed by atoms with E-state index in [0.29, 0.717) is 0 Å². The second kappa shape index (κ2) is 29.5. The zero-order valence-electron chi connectivity index (χ0n) is 46.2. The molecule has 23 N–H and O–H groups in total. The van der Waals surface area contributed by atoms with E-state index in [-0.39, 0.29) is 0 Å². The maximum Gasteiger partial charge on any atom is 0.335 e. The van der Waals surface area contributed by atoms with E-state index in [1.54, 1.807) is 0 Å². The molecule has 8 saturated heterocycles. The van der Waals surface area contributed by atoms with Gasteiger partial charge in [0.2, 0.25) is 0 Å². The molecule has 40 atom stereocenters. The first kappa shape index (κ1) is 70.9. The summed E-state index contributed by atoms with van der Waals surface area (Å²) in [6.45, 7) is 0.0266. The summed E-state index contributed by atoms with van der Waals surface area (Å²) in [5, 5.41) is 247. The molecule has 0 aromatic rings. The van der Waals surface area contributed by atoms with Gasteiger partial charge in [-0.3, -0.25) is 0 Å². The van der Waals surface area contributed by atoms with E-state index in [1.807, 2.05) is 0 Å². The Labute approximate surface area is 491 Å². The number of hydrogen-bond donors (Lipinski definition) is 23. The molecule has 8 aliphatic heterocycles. The second-order valence-corrected chi connectivity index (χ2v) is 22.4. The molecule has 0 saturated carbocycles. The number of hydrogen-bond acceptors (Lipinski definition) is 38. The monoisotopic (exact) mass is 1280 g/mol. The summed E-state index contributed by atoms with van der Waals surface area (Å²) in [5.41, 5.74) is 0. The number of aliphatic hydroxyl groups is 22. The highest BCUT2D eigenvalue weighted by molar-refractivity contribution is 5.73. The van der Waals surface area contributed by atoms with Crippen LogP contribution in [0.2, 0.25) is 0 Å². The lowest BCUT2D eigenvalue weighted by Crippen LogP contribution is -2.68. The minimum absolute atomic E-state index is 0.890. The number of carbonyl (C=O) groups is 1. The van der Waals surface area contributed by atoms with E-state index in [9.17, 15) is 122 Å². The Morgan fingerprint density at radius 3 is 1.14 bits per heavy atom. The molecule has 0 unspecified atom stereocenters. The molecule has 0 aromatic heterocycles. The van der Waals surface area contributed by atoms with Gasteiger partial charge >= 0.3 is 5.97 Å². The van der Waals surface area contributed by atoms with Crippen molar-refractivity contribution in [3.63, 3.8) is 0 Å². The number of ether oxygens (including phenoxy) is 15. The van der Waals surface area contributed by atoms with Crippen molar-refractivity contribution in [3.05, 3.63) is 0 Å². The minimum atomic E-state index is -2.27. The van der Waals surface area contributed by atoms with E-state index in [1.165, 1.54) is 20.8 Å². The van der Waals surface area contributed by atoms with Crippen molar-refractivity contribution in [2.24, 2.45) is 0 Å². The third-order valence-electron chi connectivity index (χ3n) is 16.5. The molecule has 0 aromatic carbocycles. The van der Waals surface area contributed by atoms with Gasteiger partial charge in [-0.2, -0.15) is 0 Å². The first-order valence-corrected chi connectivity index (χ1v) is 27.7. The molecule has 8 fully saturated rings. The average Bonchev–Trinajstić information content (AvgIpc) is 1.23. The van der Waals surface area contributed by atoms with Gasteiger partial charge in [0.05, 0.1) is 44.7 Å². The predicted octanol–water partition coefficient (Wildman–Crippen LogP) is -15.3. The minimum Gasteiger partial charge on any atom is -0.479 e. The normalized spacial score (nSPS) is 54.5. The van der Waals surface area contributed by atoms with Crippen LogP contribution in [0.5, 0.6) is 0 Å². The smallest absolute Gasteiger partial charge is 0.335 e. The van der Waals surface area contributed by atoms with Crippen molar-refractivity contribution in [2.45, 2.75) is 266 Å². The van der Waals surface area contributed by atoms with Crippen molar-refractivity contribution < 1.29 is 193 Å². The predicted molar refractivity (Wildman–Crippen MR) is 261 cm³/mol. The fourth-order valence-corrected chi connectivity index (χ4v) is 11.3. The van der Waals surface area contributed by atoms with Gasteiger partial charge in [-0.1, -0.05) is 0 Å². The highest BCUT2D eigenvalue weighted by Crippen LogP contribution is 2.38. The summed E-state index contributed by atoms with van der Waals surface area (Å²) in [7, 11) is 0. The highest BCUT2D eigenvalue weighted by atomic mass is 16.8. The number of aliphatic hydroxyl groups excluding tert-OH is 22. The highest BCUT2D eigenvalue weighted by Gasteiger charge is 2.59. The Balaban J connectivity index is 0.905. The van der Waals surface area contributed by atoms with Crippen LogP contribution in [0.15, 0.2) is 0 Å². The summed E-state index contributed by atoms with van der Waals surface area (Å²) in [6.07, 6.45) is -76.7. The molecule has 0 aliphatic carbocycles. The summed E-state index contributed by atoms with van der Waals surface area (Å²) in [4.78, 5) is 11.8. The second-order valence-electron chi connectivity index (χ2n) is 22.4. The Morgan fingerprint density at radius 1 is 0.299 bits per heavy atom. The van der Waals surface area contributed by atoms with E-state index in [2.05, 4.69) is 0 Å². The maximum absolute atomic E-state index is 11.8. The van der Waals surface area contributed by atoms with Gasteiger partial charge in [0.1, 0.15) is 171 Å². The molecular weight excluding hydrogens is 1200 g/mol. The molecule has 8 aliphatic rings. The first-order chi connectivity index (χ1) is 40.9. The van der Waals surface area contributed by atoms with Crippen LogP contribution in [0.25, 0.3) is 0 Å². The molecule has 87 heavy (non-hydrogen) atoms. The van der Waals surface area contributed by atoms with E-state index >= 15 is 0 Å². The van der Waals surface area contributed by atoms with Gasteiger partial charge < -0.3 is 189 Å². The molecule has 8 heterocycles. The van der Waals surface area contributed by atoms with Crippen LogP contribution in [0.1, 0.15) is 20.8 Å². The number of aliphatic carboxylic acids is 1. The topological polar surface area (TPSA) is 621 Å². The zero-order chi connectivity index (χ0) is 64.1. The van der Waals surface area contributed by atoms with Gasteiger partial charge in [-0.25, -0.2) is 4.79 Å². The Kier molecular flexibility index (Phi) is 24.0. The molecule has 8 rings (SSSR count). The van der Waals surface area contributed by atoms with Crippen LogP contribution >= 0.6 is 0 Å². The van der Waals surface area contributed by atoms with Crippen LogP contribution in [-0.4, -0.2) is 395 Å². The van der Waals surface area contributed by atoms with E-state index < -0.39 is 278 Å². The number of rotatable bonds is 19. The van der Waals surface area contributed by atoms with Gasteiger partial charge in [0.25, 0.3) is 0 Å². The maximum atomic E-state index is 11.8. The SMILES string of the molecule is C[C@@H]1O[C@@H](O)[C@H](O)[C@H](O[C@H]2O[C@@H](C)[C@H](O[C@@H]3O[C@H](CO)[C@@H](O)[C@H](O[C@H]4O[C@H](CO)[C@@H](O[C@H]5O[C@@H](C)[C@H](O[C@H]6O[C@H](CO[C@H]7O[C@H](CO)[C@H](O)[C@H](O)[C@H]7O)[C@@H](O[C@@H]7O[C@H](C(=O)O)[C@@H](O)[C@H](O)[C@H]7O)[C@H](O)[C@H]6O)[C@@H](O)[C@H]5O)[C@H](O)[C@@H]4O)[C@H]3O)[C@@H](O)[C@H]2O)[C@H]1O. The molecule has 0 amide bonds. The largest absolute Gasteiger partial charge is 0.479 e. The lowest BCUT2D eigenvalue weighted by Gasteiger charge is -2.50. The van der Waals surface area contributed by atoms with E-state index in [0.717, 1.165) is 0 Å². The Morgan fingerprint density at radius 2 is 0.644 bits per heavy atom. The lowest BCUT2D eigenvalue weighted by molar-refractivity contribution is -0.397. The van der Waals surface area contributed by atoms with Crippen molar-refractivity contribution in [2.75, 3.05) is 26.4 Å². The fourth-order valence-electron chi connectivity index (χ4n) is 11.3. The summed E-state index contributed by atoms with van der Waals surface area (Å²) >= 11 is 0. The molecule has 506 valence electrons. The van der Waals surface area contributed by atoms with Crippen molar-refractivity contribution >= 4 is 5.97 Å². The molecule has 0 bridgehead atoms. The molecule has 0 radical (unpaired) electrons. The quantitative estimate of drug-likeness (QED) is 0.0571. The summed E-state index contributed by atoms with van der Waals surface area (Å²) < 4.78 is 84.2. The fraction of sp³-hybridized carbons (Fsp3) is 0.979. The Hall–Kier alpha value is -2.01. The molecule has 39 heteroatoms. The van der Waals surface area contributed by atoms with Gasteiger partial charge in [0.15, 0.2) is 56.4 Å². The van der Waals surface area contributed by atoms with Crippen LogP contribution in [0.4, 0.5) is 0 Å². The van der Waals surface area contributed by atoms with Crippen LogP contribution < -0.4 is 0 Å². The van der Waals surface area contributed by atoms with Gasteiger partial charge in [-0.05, 0) is 20.8 Å². The first-order valence-electron chi connectivity index (χ1n) is 27.7. The Bertz CT molecular complexity index is 2150. The van der Waals surface area contributed by atoms with Gasteiger partial charge in [-0.15, -0.1) is 0 Å². The summed E-state index contributed by atoms with van der Waals surface area (Å²) in [5.74, 6) is -1.83. The third-order valence-corrected chi connectivity index (χ3v) is 16.5. The molecular formula is C48H80O39. The van der Waals surface area contributed by atoms with Gasteiger partial charge in [0, 0.05) is 0 Å². The van der Waals surface area contributed by atoms with Crippen LogP contribution in [-0.2, 0) is 75.8 Å². The number of carboxylic acid groups (broad SMARTS) is 1. The standard InChI is InChI=1S/C48H80O39/c1-8-15(52)37(31(68)41(72)74-8)85-44-28(65)22(59)34(10(3)76-44)82-48-32(69)38(17(54)12(5-50)78-48)86-45-29(66)23(60)35(13(6-51)79-45)83-43-27(64)21(58)33(9(2)75-43)81-46-30(67)24(61)36(84-47-26(63)19(56)20(57)39(87-47)40(70)71)14(80-46)7-73-42-25(62)18(55)16(53)11(4-49)77-42/h8-39,41-69,72H,4-7H2,1-3H3,(H,70,71)/t8-,9-,10-,11+,12+,13+,14+,15-,16-,17+,18-,19-,20-,21-,22-,23+,24+,25+,26+,27+,28+,29-,30+,31+,32+,33-,34-,35+,36+,37+,38-,39-,41+,42-,43+,44+,45+,46+,47+,48-/m0/s1. The van der Waals surface area contributed by atoms with Crippen LogP contribution in [0, 0.1) is 0 Å².